The Kier molecular flexibility index (Phi) is 5.42. The van der Waals surface area contributed by atoms with Gasteiger partial charge in [-0.3, -0.25) is 4.79 Å². The summed E-state index contributed by atoms with van der Waals surface area (Å²) in [5.74, 6) is 0.589. The summed E-state index contributed by atoms with van der Waals surface area (Å²) in [4.78, 5) is 17.8. The van der Waals surface area contributed by atoms with Gasteiger partial charge in [0.25, 0.3) is 0 Å². The van der Waals surface area contributed by atoms with Crippen LogP contribution in [0.15, 0.2) is 40.6 Å². The molecule has 2 aromatic rings. The van der Waals surface area contributed by atoms with E-state index in [4.69, 9.17) is 4.74 Å². The Morgan fingerprint density at radius 1 is 1.33 bits per heavy atom. The third kappa shape index (κ3) is 4.08. The Morgan fingerprint density at radius 3 is 2.71 bits per heavy atom. The summed E-state index contributed by atoms with van der Waals surface area (Å²) in [5.41, 5.74) is 0.0944. The molecule has 0 aliphatic heterocycles. The number of nitrogens with zero attached hydrogens (tertiary/aromatic N) is 1. The molecule has 1 aromatic carbocycles. The average Bonchev–Trinajstić information content (AvgIpc) is 2.96. The number of thiazole rings is 1. The van der Waals surface area contributed by atoms with Crippen LogP contribution in [0.4, 0.5) is 0 Å². The Balaban J connectivity index is 2.02. The maximum absolute atomic E-state index is 12.0. The monoisotopic (exact) mass is 321 g/mol. The van der Waals surface area contributed by atoms with Gasteiger partial charge in [0, 0.05) is 10.3 Å². The molecule has 1 heterocycles. The zero-order chi connectivity index (χ0) is 15.3. The second-order valence-corrected chi connectivity index (χ2v) is 7.07. The third-order valence-electron chi connectivity index (χ3n) is 3.08. The zero-order valence-electron chi connectivity index (χ0n) is 12.5. The van der Waals surface area contributed by atoms with Crippen LogP contribution < -0.4 is 0 Å². The molecule has 3 nitrogen and oxygen atoms in total. The molecule has 0 N–H and O–H groups in total. The number of aromatic nitrogens is 1. The maximum Gasteiger partial charge on any atom is 0.317 e. The van der Waals surface area contributed by atoms with Crippen molar-refractivity contribution in [2.45, 2.75) is 36.8 Å². The van der Waals surface area contributed by atoms with Crippen molar-refractivity contribution in [2.75, 3.05) is 6.61 Å². The number of carbonyl (C=O) groups is 1. The molecular formula is C16H19NO2S2. The van der Waals surface area contributed by atoms with Crippen molar-refractivity contribution < 1.29 is 9.53 Å². The lowest BCUT2D eigenvalue weighted by Crippen LogP contribution is -2.31. The first kappa shape index (κ1) is 16.0. The van der Waals surface area contributed by atoms with Crippen LogP contribution in [0.3, 0.4) is 0 Å². The smallest absolute Gasteiger partial charge is 0.317 e. The van der Waals surface area contributed by atoms with E-state index >= 15 is 0 Å². The van der Waals surface area contributed by atoms with E-state index < -0.39 is 5.41 Å². The van der Waals surface area contributed by atoms with Gasteiger partial charge < -0.3 is 4.74 Å². The van der Waals surface area contributed by atoms with E-state index in [1.54, 1.807) is 23.1 Å². The lowest BCUT2D eigenvalue weighted by atomic mass is 9.90. The Hall–Kier alpha value is -1.33. The van der Waals surface area contributed by atoms with Crippen LogP contribution in [0, 0.1) is 0 Å². The molecule has 0 atom stereocenters. The molecule has 112 valence electrons. The van der Waals surface area contributed by atoms with E-state index in [1.165, 1.54) is 4.90 Å². The topological polar surface area (TPSA) is 39.2 Å². The van der Waals surface area contributed by atoms with Crippen molar-refractivity contribution in [3.63, 3.8) is 0 Å². The van der Waals surface area contributed by atoms with E-state index in [0.29, 0.717) is 6.61 Å². The molecule has 0 saturated heterocycles. The van der Waals surface area contributed by atoms with Gasteiger partial charge in [0.15, 0.2) is 0 Å². The summed E-state index contributed by atoms with van der Waals surface area (Å²) in [7, 11) is 0. The molecule has 0 saturated carbocycles. The minimum Gasteiger partial charge on any atom is -0.465 e. The van der Waals surface area contributed by atoms with Gasteiger partial charge in [0.2, 0.25) is 0 Å². The largest absolute Gasteiger partial charge is 0.465 e. The summed E-state index contributed by atoms with van der Waals surface area (Å²) in [5, 5.41) is 2.98. The molecule has 0 spiro atoms. The third-order valence-corrected chi connectivity index (χ3v) is 5.14. The quantitative estimate of drug-likeness (QED) is 0.588. The predicted molar refractivity (Wildman–Crippen MR) is 87.8 cm³/mol. The van der Waals surface area contributed by atoms with Crippen LogP contribution in [-0.2, 0) is 20.7 Å². The van der Waals surface area contributed by atoms with Gasteiger partial charge >= 0.3 is 5.97 Å². The van der Waals surface area contributed by atoms with Crippen molar-refractivity contribution in [1.29, 1.82) is 0 Å². The summed E-state index contributed by atoms with van der Waals surface area (Å²) in [6, 6.07) is 10.2. The SMILES string of the molecule is CCOC(=O)C(C)(C)c1csc(CSc2ccccc2)n1. The normalized spacial score (nSPS) is 11.4. The predicted octanol–water partition coefficient (Wildman–Crippen LogP) is 4.28. The van der Waals surface area contributed by atoms with E-state index in [0.717, 1.165) is 16.5 Å². The molecule has 21 heavy (non-hydrogen) atoms. The second-order valence-electron chi connectivity index (χ2n) is 5.07. The minimum absolute atomic E-state index is 0.224. The Labute approximate surface area is 133 Å². The van der Waals surface area contributed by atoms with Crippen molar-refractivity contribution in [2.24, 2.45) is 0 Å². The van der Waals surface area contributed by atoms with Gasteiger partial charge in [-0.15, -0.1) is 23.1 Å². The second kappa shape index (κ2) is 7.09. The van der Waals surface area contributed by atoms with E-state index in [2.05, 4.69) is 17.1 Å². The first-order valence-corrected chi connectivity index (χ1v) is 8.70. The highest BCUT2D eigenvalue weighted by Gasteiger charge is 2.33. The number of hydrogen-bond donors (Lipinski definition) is 0. The number of carbonyl (C=O) groups excluding carboxylic acids is 1. The van der Waals surface area contributed by atoms with Crippen molar-refractivity contribution in [3.8, 4) is 0 Å². The molecule has 0 aliphatic carbocycles. The highest BCUT2D eigenvalue weighted by atomic mass is 32.2. The number of benzene rings is 1. The fraction of sp³-hybridized carbons (Fsp3) is 0.375. The molecule has 0 bridgehead atoms. The van der Waals surface area contributed by atoms with Crippen LogP contribution >= 0.6 is 23.1 Å². The van der Waals surface area contributed by atoms with Crippen LogP contribution in [0.1, 0.15) is 31.5 Å². The van der Waals surface area contributed by atoms with E-state index in [9.17, 15) is 4.79 Å². The highest BCUT2D eigenvalue weighted by molar-refractivity contribution is 7.98. The number of rotatable bonds is 6. The van der Waals surface area contributed by atoms with Gasteiger partial charge in [-0.1, -0.05) is 18.2 Å². The highest BCUT2D eigenvalue weighted by Crippen LogP contribution is 2.29. The standard InChI is InChI=1S/C16H19NO2S2/c1-4-19-15(18)16(2,3)13-10-21-14(17-13)11-20-12-8-6-5-7-9-12/h5-10H,4,11H2,1-3H3. The maximum atomic E-state index is 12.0. The lowest BCUT2D eigenvalue weighted by Gasteiger charge is -2.19. The molecule has 0 unspecified atom stereocenters. The average molecular weight is 321 g/mol. The number of thioether (sulfide) groups is 1. The van der Waals surface area contributed by atoms with Crippen molar-refractivity contribution >= 4 is 29.1 Å². The molecular weight excluding hydrogens is 302 g/mol. The summed E-state index contributed by atoms with van der Waals surface area (Å²) in [6.45, 7) is 5.92. The number of ether oxygens (including phenoxy) is 1. The summed E-state index contributed by atoms with van der Waals surface area (Å²) >= 11 is 3.34. The first-order chi connectivity index (χ1) is 10.0. The molecule has 1 aromatic heterocycles. The number of esters is 1. The van der Waals surface area contributed by atoms with Crippen molar-refractivity contribution in [1.82, 2.24) is 4.98 Å². The van der Waals surface area contributed by atoms with E-state index in [-0.39, 0.29) is 5.97 Å². The van der Waals surface area contributed by atoms with Gasteiger partial charge in [-0.05, 0) is 32.9 Å². The van der Waals surface area contributed by atoms with Gasteiger partial charge in [0.05, 0.1) is 18.1 Å². The minimum atomic E-state index is -0.692. The fourth-order valence-corrected chi connectivity index (χ4v) is 3.64. The van der Waals surface area contributed by atoms with Gasteiger partial charge in [0.1, 0.15) is 10.4 Å². The number of hydrogen-bond acceptors (Lipinski definition) is 5. The molecule has 5 heteroatoms. The van der Waals surface area contributed by atoms with Crippen LogP contribution in [0.2, 0.25) is 0 Å². The zero-order valence-corrected chi connectivity index (χ0v) is 14.1. The van der Waals surface area contributed by atoms with E-state index in [1.807, 2.05) is 44.4 Å². The molecule has 0 fully saturated rings. The van der Waals surface area contributed by atoms with Crippen LogP contribution in [0.5, 0.6) is 0 Å². The Morgan fingerprint density at radius 2 is 2.05 bits per heavy atom. The van der Waals surface area contributed by atoms with Gasteiger partial charge in [-0.25, -0.2) is 4.98 Å². The summed E-state index contributed by atoms with van der Waals surface area (Å²) in [6.07, 6.45) is 0. The lowest BCUT2D eigenvalue weighted by molar-refractivity contribution is -0.148. The molecule has 0 radical (unpaired) electrons. The van der Waals surface area contributed by atoms with Crippen LogP contribution in [0.25, 0.3) is 0 Å². The summed E-state index contributed by atoms with van der Waals surface area (Å²) < 4.78 is 5.12. The van der Waals surface area contributed by atoms with Crippen molar-refractivity contribution in [3.05, 3.63) is 46.4 Å². The Bertz CT molecular complexity index is 593. The molecule has 0 amide bonds. The van der Waals surface area contributed by atoms with Gasteiger partial charge in [-0.2, -0.15) is 0 Å². The fourth-order valence-electron chi connectivity index (χ4n) is 1.74. The first-order valence-electron chi connectivity index (χ1n) is 6.84. The molecule has 0 aliphatic rings. The molecule has 2 rings (SSSR count). The van der Waals surface area contributed by atoms with Crippen LogP contribution in [-0.4, -0.2) is 17.6 Å².